The highest BCUT2D eigenvalue weighted by atomic mass is 127. The second kappa shape index (κ2) is 11.4. The third-order valence-electron chi connectivity index (χ3n) is 4.47. The quantitative estimate of drug-likeness (QED) is 0.293. The van der Waals surface area contributed by atoms with Gasteiger partial charge in [0.1, 0.15) is 12.2 Å². The molecule has 0 radical (unpaired) electrons. The molecular formula is C17H31IN6. The summed E-state index contributed by atoms with van der Waals surface area (Å²) in [4.78, 5) is 4.71. The second-order valence-corrected chi connectivity index (χ2v) is 6.21. The number of hydrogen-bond acceptors (Lipinski definition) is 3. The lowest BCUT2D eigenvalue weighted by atomic mass is 9.86. The summed E-state index contributed by atoms with van der Waals surface area (Å²) in [6.45, 7) is 10.4. The molecule has 0 saturated heterocycles. The zero-order valence-corrected chi connectivity index (χ0v) is 17.2. The molecule has 1 heterocycles. The van der Waals surface area contributed by atoms with Crippen LogP contribution in [0.15, 0.2) is 24.0 Å². The Bertz CT molecular complexity index is 513. The molecule has 24 heavy (non-hydrogen) atoms. The number of halogens is 1. The first-order valence-corrected chi connectivity index (χ1v) is 8.77. The Hall–Kier alpha value is -1.12. The SMILES string of the molecule is C=CCNC(=NCCn1cnnc1CC)NC1CCCCC1C.I. The largest absolute Gasteiger partial charge is 0.353 e. The number of nitrogens with zero attached hydrogens (tertiary/aromatic N) is 4. The van der Waals surface area contributed by atoms with Crippen LogP contribution in [0.4, 0.5) is 0 Å². The van der Waals surface area contributed by atoms with Gasteiger partial charge in [0.2, 0.25) is 0 Å². The third kappa shape index (κ3) is 6.41. The van der Waals surface area contributed by atoms with Crippen LogP contribution in [0.25, 0.3) is 0 Å². The maximum Gasteiger partial charge on any atom is 0.191 e. The van der Waals surface area contributed by atoms with Crippen LogP contribution >= 0.6 is 24.0 Å². The molecule has 2 N–H and O–H groups in total. The van der Waals surface area contributed by atoms with Crippen LogP contribution in [0, 0.1) is 5.92 Å². The summed E-state index contributed by atoms with van der Waals surface area (Å²) >= 11 is 0. The molecule has 1 aliphatic rings. The van der Waals surface area contributed by atoms with E-state index in [1.54, 1.807) is 6.33 Å². The molecule has 0 bridgehead atoms. The van der Waals surface area contributed by atoms with E-state index in [9.17, 15) is 0 Å². The van der Waals surface area contributed by atoms with Gasteiger partial charge in [-0.25, -0.2) is 0 Å². The third-order valence-corrected chi connectivity index (χ3v) is 4.47. The summed E-state index contributed by atoms with van der Waals surface area (Å²) in [5.74, 6) is 2.59. The minimum absolute atomic E-state index is 0. The van der Waals surface area contributed by atoms with E-state index >= 15 is 0 Å². The van der Waals surface area contributed by atoms with Crippen molar-refractivity contribution in [1.29, 1.82) is 0 Å². The molecule has 0 aliphatic heterocycles. The molecule has 1 fully saturated rings. The summed E-state index contributed by atoms with van der Waals surface area (Å²) in [5, 5.41) is 15.0. The van der Waals surface area contributed by atoms with Crippen LogP contribution in [0.2, 0.25) is 0 Å². The van der Waals surface area contributed by atoms with Gasteiger partial charge in [-0.15, -0.1) is 40.8 Å². The summed E-state index contributed by atoms with van der Waals surface area (Å²) in [6.07, 6.45) is 9.70. The van der Waals surface area contributed by atoms with E-state index in [0.717, 1.165) is 31.3 Å². The van der Waals surface area contributed by atoms with Gasteiger partial charge in [-0.05, 0) is 18.8 Å². The summed E-state index contributed by atoms with van der Waals surface area (Å²) in [5.41, 5.74) is 0. The molecule has 0 amide bonds. The van der Waals surface area contributed by atoms with Gasteiger partial charge in [0.15, 0.2) is 5.96 Å². The molecule has 2 atom stereocenters. The molecule has 1 saturated carbocycles. The number of nitrogens with one attached hydrogen (secondary N) is 2. The van der Waals surface area contributed by atoms with Gasteiger partial charge >= 0.3 is 0 Å². The topological polar surface area (TPSA) is 67.1 Å². The lowest BCUT2D eigenvalue weighted by molar-refractivity contribution is 0.307. The normalized spacial score (nSPS) is 21.0. The van der Waals surface area contributed by atoms with Crippen LogP contribution in [0.5, 0.6) is 0 Å². The van der Waals surface area contributed by atoms with Gasteiger partial charge < -0.3 is 15.2 Å². The van der Waals surface area contributed by atoms with Crippen LogP contribution in [-0.4, -0.2) is 39.9 Å². The average Bonchev–Trinajstić information content (AvgIpc) is 3.02. The first kappa shape index (κ1) is 20.9. The summed E-state index contributed by atoms with van der Waals surface area (Å²) in [7, 11) is 0. The molecule has 1 aromatic rings. The molecule has 2 rings (SSSR count). The zero-order chi connectivity index (χ0) is 16.5. The van der Waals surface area contributed by atoms with E-state index in [-0.39, 0.29) is 24.0 Å². The average molecular weight is 446 g/mol. The van der Waals surface area contributed by atoms with Crippen molar-refractivity contribution in [3.8, 4) is 0 Å². The van der Waals surface area contributed by atoms with E-state index in [1.165, 1.54) is 25.7 Å². The van der Waals surface area contributed by atoms with Gasteiger partial charge in [0, 0.05) is 25.6 Å². The molecule has 2 unspecified atom stereocenters. The molecule has 136 valence electrons. The highest BCUT2D eigenvalue weighted by Crippen LogP contribution is 2.23. The Labute approximate surface area is 162 Å². The molecule has 1 aromatic heterocycles. The Morgan fingerprint density at radius 3 is 2.96 bits per heavy atom. The second-order valence-electron chi connectivity index (χ2n) is 6.21. The van der Waals surface area contributed by atoms with Crippen molar-refractivity contribution in [2.45, 2.75) is 58.5 Å². The van der Waals surface area contributed by atoms with Crippen LogP contribution in [0.1, 0.15) is 45.4 Å². The van der Waals surface area contributed by atoms with Crippen molar-refractivity contribution in [1.82, 2.24) is 25.4 Å². The van der Waals surface area contributed by atoms with Gasteiger partial charge in [-0.3, -0.25) is 4.99 Å². The lowest BCUT2D eigenvalue weighted by Crippen LogP contribution is -2.47. The fourth-order valence-electron chi connectivity index (χ4n) is 3.04. The van der Waals surface area contributed by atoms with Crippen LogP contribution in [-0.2, 0) is 13.0 Å². The van der Waals surface area contributed by atoms with Crippen molar-refractivity contribution < 1.29 is 0 Å². The van der Waals surface area contributed by atoms with Gasteiger partial charge in [-0.2, -0.15) is 0 Å². The van der Waals surface area contributed by atoms with Gasteiger partial charge in [-0.1, -0.05) is 32.8 Å². The molecular weight excluding hydrogens is 415 g/mol. The monoisotopic (exact) mass is 446 g/mol. The number of aryl methyl sites for hydroxylation is 1. The molecule has 6 nitrogen and oxygen atoms in total. The number of aliphatic imine (C=N–C) groups is 1. The maximum atomic E-state index is 4.71. The minimum Gasteiger partial charge on any atom is -0.353 e. The van der Waals surface area contributed by atoms with Gasteiger partial charge in [0.05, 0.1) is 6.54 Å². The molecule has 0 aromatic carbocycles. The van der Waals surface area contributed by atoms with Crippen LogP contribution in [0.3, 0.4) is 0 Å². The number of hydrogen-bond donors (Lipinski definition) is 2. The van der Waals surface area contributed by atoms with Crippen molar-refractivity contribution in [2.75, 3.05) is 13.1 Å². The Morgan fingerprint density at radius 2 is 2.25 bits per heavy atom. The van der Waals surface area contributed by atoms with Crippen molar-refractivity contribution in [3.63, 3.8) is 0 Å². The van der Waals surface area contributed by atoms with Gasteiger partial charge in [0.25, 0.3) is 0 Å². The summed E-state index contributed by atoms with van der Waals surface area (Å²) in [6, 6.07) is 0.515. The first-order chi connectivity index (χ1) is 11.2. The highest BCUT2D eigenvalue weighted by molar-refractivity contribution is 14.0. The first-order valence-electron chi connectivity index (χ1n) is 8.77. The minimum atomic E-state index is 0. The standard InChI is InChI=1S/C17H30N6.HI/c1-4-10-18-17(21-15-9-7-6-8-14(15)3)19-11-12-23-13-20-22-16(23)5-2;/h4,13-15H,1,5-12H2,2-3H3,(H2,18,19,21);1H. The van der Waals surface area contributed by atoms with Crippen molar-refractivity contribution in [3.05, 3.63) is 24.8 Å². The smallest absolute Gasteiger partial charge is 0.191 e. The predicted molar refractivity (Wildman–Crippen MR) is 110 cm³/mol. The van der Waals surface area contributed by atoms with E-state index < -0.39 is 0 Å². The van der Waals surface area contributed by atoms with Crippen LogP contribution < -0.4 is 10.6 Å². The van der Waals surface area contributed by atoms with E-state index in [1.807, 2.05) is 6.08 Å². The lowest BCUT2D eigenvalue weighted by Gasteiger charge is -2.30. The predicted octanol–water partition coefficient (Wildman–Crippen LogP) is 2.76. The van der Waals surface area contributed by atoms with Crippen molar-refractivity contribution >= 4 is 29.9 Å². The van der Waals surface area contributed by atoms with E-state index in [2.05, 4.69) is 45.8 Å². The summed E-state index contributed by atoms with van der Waals surface area (Å²) < 4.78 is 2.07. The number of guanidine groups is 1. The maximum absolute atomic E-state index is 4.71. The van der Waals surface area contributed by atoms with E-state index in [0.29, 0.717) is 18.5 Å². The Morgan fingerprint density at radius 1 is 1.46 bits per heavy atom. The van der Waals surface area contributed by atoms with Crippen molar-refractivity contribution in [2.24, 2.45) is 10.9 Å². The Kier molecular flexibility index (Phi) is 9.97. The number of aromatic nitrogens is 3. The molecule has 7 heteroatoms. The Balaban J connectivity index is 0.00000288. The highest BCUT2D eigenvalue weighted by Gasteiger charge is 2.21. The number of rotatable bonds is 7. The molecule has 1 aliphatic carbocycles. The fourth-order valence-corrected chi connectivity index (χ4v) is 3.04. The van der Waals surface area contributed by atoms with E-state index in [4.69, 9.17) is 4.99 Å². The zero-order valence-electron chi connectivity index (χ0n) is 14.9. The molecule has 0 spiro atoms. The fraction of sp³-hybridized carbons (Fsp3) is 0.706.